The summed E-state index contributed by atoms with van der Waals surface area (Å²) >= 11 is 0. The first kappa shape index (κ1) is 15.5. The Hall–Kier alpha value is -1.86. The van der Waals surface area contributed by atoms with E-state index >= 15 is 0 Å². The van der Waals surface area contributed by atoms with Crippen molar-refractivity contribution in [3.8, 4) is 11.6 Å². The molecule has 1 heterocycles. The molecule has 2 rings (SSSR count). The van der Waals surface area contributed by atoms with Gasteiger partial charge in [-0.1, -0.05) is 6.07 Å². The van der Waals surface area contributed by atoms with E-state index in [0.29, 0.717) is 11.6 Å². The number of rotatable bonds is 5. The lowest BCUT2D eigenvalue weighted by atomic mass is 10.3. The van der Waals surface area contributed by atoms with Gasteiger partial charge in [0, 0.05) is 16.7 Å². The lowest BCUT2D eigenvalue weighted by Crippen LogP contribution is -2.01. The molecule has 0 fully saturated rings. The van der Waals surface area contributed by atoms with Gasteiger partial charge in [-0.25, -0.2) is 17.8 Å². The van der Waals surface area contributed by atoms with Crippen LogP contribution in [0.1, 0.15) is 5.69 Å². The van der Waals surface area contributed by atoms with Gasteiger partial charge in [0.15, 0.2) is 11.6 Å². The Kier molecular flexibility index (Phi) is 4.64. The molecule has 0 spiro atoms. The van der Waals surface area contributed by atoms with Crippen molar-refractivity contribution in [2.45, 2.75) is 11.5 Å². The molecule has 0 atom stereocenters. The van der Waals surface area contributed by atoms with Crippen LogP contribution in [0.2, 0.25) is 0 Å². The van der Waals surface area contributed by atoms with Crippen LogP contribution in [0.5, 0.6) is 11.6 Å². The number of aromatic nitrogens is 1. The molecule has 0 aliphatic heterocycles. The first-order valence-corrected chi connectivity index (χ1v) is 8.08. The summed E-state index contributed by atoms with van der Waals surface area (Å²) in [5.74, 6) is -0.497. The van der Waals surface area contributed by atoms with Gasteiger partial charge in [0.05, 0.1) is 17.7 Å². The fourth-order valence-corrected chi connectivity index (χ4v) is 2.32. The predicted octanol–water partition coefficient (Wildman–Crippen LogP) is 2.74. The van der Waals surface area contributed by atoms with E-state index in [-0.39, 0.29) is 17.3 Å². The average molecular weight is 332 g/mol. The number of hydrogen-bond donors (Lipinski definition) is 0. The third kappa shape index (κ3) is 4.05. The maximum absolute atomic E-state index is 13.7. The molecule has 0 saturated carbocycles. The summed E-state index contributed by atoms with van der Waals surface area (Å²) in [6.07, 6.45) is 0. The zero-order valence-corrected chi connectivity index (χ0v) is 12.5. The highest BCUT2D eigenvalue weighted by atomic mass is 35.7. The molecule has 0 saturated heterocycles. The highest BCUT2D eigenvalue weighted by Crippen LogP contribution is 2.24. The van der Waals surface area contributed by atoms with E-state index in [1.54, 1.807) is 18.2 Å². The normalized spacial score (nSPS) is 11.2. The second kappa shape index (κ2) is 6.28. The molecule has 21 heavy (non-hydrogen) atoms. The summed E-state index contributed by atoms with van der Waals surface area (Å²) < 4.78 is 46.1. The molecule has 0 radical (unpaired) electrons. The third-order valence-corrected chi connectivity index (χ3v) is 3.90. The molecule has 0 amide bonds. The monoisotopic (exact) mass is 331 g/mol. The molecule has 2 aromatic rings. The molecule has 1 aromatic carbocycles. The highest BCUT2D eigenvalue weighted by molar-refractivity contribution is 8.13. The van der Waals surface area contributed by atoms with Crippen molar-refractivity contribution >= 4 is 19.7 Å². The molecule has 0 aliphatic carbocycles. The van der Waals surface area contributed by atoms with Gasteiger partial charge in [-0.2, -0.15) is 0 Å². The first-order valence-electron chi connectivity index (χ1n) is 5.77. The zero-order chi connectivity index (χ0) is 15.5. The van der Waals surface area contributed by atoms with Gasteiger partial charge in [0.2, 0.25) is 5.88 Å². The van der Waals surface area contributed by atoms with Gasteiger partial charge >= 0.3 is 0 Å². The molecule has 5 nitrogen and oxygen atoms in total. The summed E-state index contributed by atoms with van der Waals surface area (Å²) in [5, 5.41) is 0. The van der Waals surface area contributed by atoms with Crippen LogP contribution >= 0.6 is 10.7 Å². The largest absolute Gasteiger partial charge is 0.484 e. The van der Waals surface area contributed by atoms with Gasteiger partial charge in [0.1, 0.15) is 6.61 Å². The second-order valence-electron chi connectivity index (χ2n) is 3.99. The van der Waals surface area contributed by atoms with Crippen molar-refractivity contribution in [1.29, 1.82) is 0 Å². The Labute approximate surface area is 125 Å². The van der Waals surface area contributed by atoms with Crippen molar-refractivity contribution in [2.24, 2.45) is 0 Å². The number of nitrogens with zero attached hydrogens (tertiary/aromatic N) is 1. The van der Waals surface area contributed by atoms with Crippen LogP contribution in [0.25, 0.3) is 0 Å². The summed E-state index contributed by atoms with van der Waals surface area (Å²) in [4.78, 5) is 3.78. The van der Waals surface area contributed by atoms with Crippen LogP contribution in [-0.4, -0.2) is 20.5 Å². The summed E-state index contributed by atoms with van der Waals surface area (Å²) in [5.41, 5.74) is 0.544. The van der Waals surface area contributed by atoms with E-state index in [4.69, 9.17) is 20.2 Å². The average Bonchev–Trinajstić information content (AvgIpc) is 2.45. The lowest BCUT2D eigenvalue weighted by molar-refractivity contribution is 0.283. The standard InChI is InChI=1S/C13H11ClFNO4S/c1-19-13-4-2-3-9(16-13)8-20-12-6-5-10(7-11(12)15)21(14,17)18/h2-7H,8H2,1H3. The maximum Gasteiger partial charge on any atom is 0.261 e. The SMILES string of the molecule is COc1cccc(COc2ccc(S(=O)(=O)Cl)cc2F)n1. The Morgan fingerprint density at radius 1 is 1.29 bits per heavy atom. The van der Waals surface area contributed by atoms with Crippen LogP contribution in [0.3, 0.4) is 0 Å². The summed E-state index contributed by atoms with van der Waals surface area (Å²) in [7, 11) is 2.64. The van der Waals surface area contributed by atoms with Gasteiger partial charge < -0.3 is 9.47 Å². The number of pyridine rings is 1. The highest BCUT2D eigenvalue weighted by Gasteiger charge is 2.14. The van der Waals surface area contributed by atoms with E-state index in [2.05, 4.69) is 4.98 Å². The van der Waals surface area contributed by atoms with E-state index < -0.39 is 14.9 Å². The fourth-order valence-electron chi connectivity index (χ4n) is 1.55. The van der Waals surface area contributed by atoms with Crippen molar-refractivity contribution in [3.05, 3.63) is 47.9 Å². The minimum Gasteiger partial charge on any atom is -0.484 e. The number of halogens is 2. The van der Waals surface area contributed by atoms with E-state index in [9.17, 15) is 12.8 Å². The second-order valence-corrected chi connectivity index (χ2v) is 6.56. The Bertz CT molecular complexity index is 752. The molecule has 0 aliphatic rings. The van der Waals surface area contributed by atoms with Crippen molar-refractivity contribution in [3.63, 3.8) is 0 Å². The predicted molar refractivity (Wildman–Crippen MR) is 74.6 cm³/mol. The maximum atomic E-state index is 13.7. The number of ether oxygens (including phenoxy) is 2. The minimum atomic E-state index is -3.97. The molecule has 8 heteroatoms. The topological polar surface area (TPSA) is 65.5 Å². The molecule has 1 aromatic heterocycles. The minimum absolute atomic E-state index is 0.0150. The van der Waals surface area contributed by atoms with Crippen molar-refractivity contribution in [1.82, 2.24) is 4.98 Å². The van der Waals surface area contributed by atoms with Crippen molar-refractivity contribution in [2.75, 3.05) is 7.11 Å². The first-order chi connectivity index (χ1) is 9.90. The molecule has 112 valence electrons. The molecular weight excluding hydrogens is 321 g/mol. The van der Waals surface area contributed by atoms with E-state index in [1.165, 1.54) is 19.2 Å². The van der Waals surface area contributed by atoms with E-state index in [0.717, 1.165) is 6.07 Å². The van der Waals surface area contributed by atoms with Gasteiger partial charge in [-0.05, 0) is 24.3 Å². The number of hydrogen-bond acceptors (Lipinski definition) is 5. The summed E-state index contributed by atoms with van der Waals surface area (Å²) in [6.45, 7) is 0.0150. The number of methoxy groups -OCH3 is 1. The van der Waals surface area contributed by atoms with Gasteiger partial charge in [0.25, 0.3) is 9.05 Å². The van der Waals surface area contributed by atoms with E-state index in [1.807, 2.05) is 0 Å². The smallest absolute Gasteiger partial charge is 0.261 e. The Morgan fingerprint density at radius 3 is 2.67 bits per heavy atom. The summed E-state index contributed by atoms with van der Waals surface area (Å²) in [6, 6.07) is 8.26. The number of benzene rings is 1. The van der Waals surface area contributed by atoms with Crippen LogP contribution in [-0.2, 0) is 15.7 Å². The van der Waals surface area contributed by atoms with Crippen LogP contribution in [0.15, 0.2) is 41.3 Å². The zero-order valence-electron chi connectivity index (χ0n) is 10.9. The van der Waals surface area contributed by atoms with Crippen LogP contribution in [0, 0.1) is 5.82 Å². The Morgan fingerprint density at radius 2 is 2.05 bits per heavy atom. The van der Waals surface area contributed by atoms with Crippen LogP contribution in [0.4, 0.5) is 4.39 Å². The molecule has 0 unspecified atom stereocenters. The Balaban J connectivity index is 2.13. The van der Waals surface area contributed by atoms with Crippen molar-refractivity contribution < 1.29 is 22.3 Å². The van der Waals surface area contributed by atoms with Gasteiger partial charge in [-0.15, -0.1) is 0 Å². The van der Waals surface area contributed by atoms with Crippen LogP contribution < -0.4 is 9.47 Å². The fraction of sp³-hybridized carbons (Fsp3) is 0.154. The van der Waals surface area contributed by atoms with Gasteiger partial charge in [-0.3, -0.25) is 0 Å². The molecular formula is C13H11ClFNO4S. The molecule has 0 bridgehead atoms. The third-order valence-electron chi connectivity index (χ3n) is 2.55. The lowest BCUT2D eigenvalue weighted by Gasteiger charge is -2.08. The quantitative estimate of drug-likeness (QED) is 0.788. The molecule has 0 N–H and O–H groups in total.